The molecule has 2 unspecified atom stereocenters. The summed E-state index contributed by atoms with van der Waals surface area (Å²) in [5.74, 6) is 0. The van der Waals surface area contributed by atoms with Gasteiger partial charge in [0.15, 0.2) is 0 Å². The highest BCUT2D eigenvalue weighted by molar-refractivity contribution is 4.81. The standard InChI is InChI=1S/C11H24FN.C2H6/c1-4-7-11(6-3,9-13)8-10(12)5-2;1-2/h10H,4-9,13H2,1-3H3;1-2H3. The second-order valence-corrected chi connectivity index (χ2v) is 4.02. The van der Waals surface area contributed by atoms with E-state index in [1.165, 1.54) is 0 Å². The van der Waals surface area contributed by atoms with Crippen molar-refractivity contribution in [3.05, 3.63) is 0 Å². The Hall–Kier alpha value is -0.110. The van der Waals surface area contributed by atoms with Gasteiger partial charge < -0.3 is 5.73 Å². The third-order valence-electron chi connectivity index (χ3n) is 3.06. The van der Waals surface area contributed by atoms with E-state index in [-0.39, 0.29) is 5.41 Å². The Morgan fingerprint density at radius 2 is 1.73 bits per heavy atom. The summed E-state index contributed by atoms with van der Waals surface area (Å²) in [6, 6.07) is 0. The van der Waals surface area contributed by atoms with E-state index >= 15 is 0 Å². The van der Waals surface area contributed by atoms with Crippen molar-refractivity contribution in [2.45, 2.75) is 72.9 Å². The van der Waals surface area contributed by atoms with Gasteiger partial charge in [0, 0.05) is 0 Å². The highest BCUT2D eigenvalue weighted by Crippen LogP contribution is 2.33. The molecule has 1 nitrogen and oxygen atoms in total. The molecule has 0 aliphatic carbocycles. The van der Waals surface area contributed by atoms with Gasteiger partial charge in [-0.05, 0) is 37.6 Å². The molecule has 0 spiro atoms. The van der Waals surface area contributed by atoms with Crippen molar-refractivity contribution in [1.82, 2.24) is 0 Å². The minimum Gasteiger partial charge on any atom is -0.330 e. The average Bonchev–Trinajstić information content (AvgIpc) is 2.30. The van der Waals surface area contributed by atoms with Crippen LogP contribution in [0.5, 0.6) is 0 Å². The van der Waals surface area contributed by atoms with Crippen molar-refractivity contribution in [2.24, 2.45) is 11.1 Å². The van der Waals surface area contributed by atoms with Crippen molar-refractivity contribution in [1.29, 1.82) is 0 Å². The zero-order valence-electron chi connectivity index (χ0n) is 11.3. The zero-order valence-corrected chi connectivity index (χ0v) is 11.3. The first-order valence-electron chi connectivity index (χ1n) is 6.48. The molecule has 15 heavy (non-hydrogen) atoms. The molecule has 0 aromatic heterocycles. The van der Waals surface area contributed by atoms with E-state index < -0.39 is 6.17 Å². The number of hydrogen-bond acceptors (Lipinski definition) is 1. The lowest BCUT2D eigenvalue weighted by Crippen LogP contribution is -2.32. The molecule has 94 valence electrons. The fourth-order valence-corrected chi connectivity index (χ4v) is 1.90. The van der Waals surface area contributed by atoms with Crippen LogP contribution in [0.1, 0.15) is 66.7 Å². The Balaban J connectivity index is 0. The molecule has 0 aliphatic heterocycles. The molecular formula is C13H30FN. The normalized spacial score (nSPS) is 16.2. The summed E-state index contributed by atoms with van der Waals surface area (Å²) in [6.07, 6.45) is 3.74. The van der Waals surface area contributed by atoms with Crippen LogP contribution in [0.15, 0.2) is 0 Å². The van der Waals surface area contributed by atoms with Crippen molar-refractivity contribution in [3.8, 4) is 0 Å². The number of hydrogen-bond donors (Lipinski definition) is 1. The van der Waals surface area contributed by atoms with Gasteiger partial charge in [-0.25, -0.2) is 4.39 Å². The van der Waals surface area contributed by atoms with Gasteiger partial charge in [-0.15, -0.1) is 0 Å². The fraction of sp³-hybridized carbons (Fsp3) is 1.00. The Morgan fingerprint density at radius 3 is 2.00 bits per heavy atom. The maximum atomic E-state index is 13.3. The highest BCUT2D eigenvalue weighted by Gasteiger charge is 2.28. The lowest BCUT2D eigenvalue weighted by Gasteiger charge is -2.32. The van der Waals surface area contributed by atoms with Crippen LogP contribution in [0.3, 0.4) is 0 Å². The molecule has 0 radical (unpaired) electrons. The van der Waals surface area contributed by atoms with E-state index in [0.717, 1.165) is 19.3 Å². The molecule has 0 saturated carbocycles. The largest absolute Gasteiger partial charge is 0.330 e. The molecule has 0 aliphatic rings. The molecule has 0 amide bonds. The molecule has 0 rings (SSSR count). The van der Waals surface area contributed by atoms with Crippen LogP contribution < -0.4 is 5.73 Å². The lowest BCUT2D eigenvalue weighted by molar-refractivity contribution is 0.157. The van der Waals surface area contributed by atoms with Crippen LogP contribution in [0.4, 0.5) is 4.39 Å². The first-order valence-corrected chi connectivity index (χ1v) is 6.48. The Kier molecular flexibility index (Phi) is 12.0. The molecule has 0 saturated heterocycles. The van der Waals surface area contributed by atoms with E-state index in [9.17, 15) is 4.39 Å². The van der Waals surface area contributed by atoms with Gasteiger partial charge in [-0.3, -0.25) is 0 Å². The van der Waals surface area contributed by atoms with Crippen LogP contribution in [-0.2, 0) is 0 Å². The summed E-state index contributed by atoms with van der Waals surface area (Å²) in [6.45, 7) is 10.8. The summed E-state index contributed by atoms with van der Waals surface area (Å²) in [5.41, 5.74) is 5.80. The monoisotopic (exact) mass is 219 g/mol. The lowest BCUT2D eigenvalue weighted by atomic mass is 9.76. The third-order valence-corrected chi connectivity index (χ3v) is 3.06. The summed E-state index contributed by atoms with van der Waals surface area (Å²) in [5, 5.41) is 0. The first-order chi connectivity index (χ1) is 7.14. The van der Waals surface area contributed by atoms with Crippen molar-refractivity contribution >= 4 is 0 Å². The summed E-state index contributed by atoms with van der Waals surface area (Å²) in [7, 11) is 0. The van der Waals surface area contributed by atoms with Gasteiger partial charge in [0.2, 0.25) is 0 Å². The predicted octanol–water partition coefficient (Wildman–Crippen LogP) is 4.31. The van der Waals surface area contributed by atoms with E-state index in [1.54, 1.807) is 0 Å². The Bertz CT molecular complexity index is 122. The maximum absolute atomic E-state index is 13.3. The van der Waals surface area contributed by atoms with Gasteiger partial charge >= 0.3 is 0 Å². The third kappa shape index (κ3) is 6.88. The Morgan fingerprint density at radius 1 is 1.20 bits per heavy atom. The smallest absolute Gasteiger partial charge is 0.100 e. The second-order valence-electron chi connectivity index (χ2n) is 4.02. The van der Waals surface area contributed by atoms with Crippen LogP contribution in [0.2, 0.25) is 0 Å². The van der Waals surface area contributed by atoms with Gasteiger partial charge in [0.05, 0.1) is 0 Å². The zero-order chi connectivity index (χ0) is 12.3. The molecule has 2 N–H and O–H groups in total. The SMILES string of the molecule is CC.CCCC(CC)(CN)CC(F)CC. The van der Waals surface area contributed by atoms with Crippen molar-refractivity contribution < 1.29 is 4.39 Å². The molecular weight excluding hydrogens is 189 g/mol. The van der Waals surface area contributed by atoms with E-state index in [4.69, 9.17) is 5.73 Å². The van der Waals surface area contributed by atoms with Gasteiger partial charge in [-0.2, -0.15) is 0 Å². The van der Waals surface area contributed by atoms with E-state index in [1.807, 2.05) is 20.8 Å². The van der Waals surface area contributed by atoms with Crippen LogP contribution >= 0.6 is 0 Å². The molecule has 0 aromatic carbocycles. The van der Waals surface area contributed by atoms with Crippen LogP contribution in [0, 0.1) is 5.41 Å². The fourth-order valence-electron chi connectivity index (χ4n) is 1.90. The van der Waals surface area contributed by atoms with E-state index in [0.29, 0.717) is 19.4 Å². The Labute approximate surface area is 95.6 Å². The summed E-state index contributed by atoms with van der Waals surface area (Å²) < 4.78 is 13.3. The van der Waals surface area contributed by atoms with E-state index in [2.05, 4.69) is 13.8 Å². The number of alkyl halides is 1. The van der Waals surface area contributed by atoms with Crippen molar-refractivity contribution in [3.63, 3.8) is 0 Å². The second kappa shape index (κ2) is 10.4. The predicted molar refractivity (Wildman–Crippen MR) is 67.8 cm³/mol. The number of halogens is 1. The van der Waals surface area contributed by atoms with Crippen LogP contribution in [0.25, 0.3) is 0 Å². The summed E-state index contributed by atoms with van der Waals surface area (Å²) in [4.78, 5) is 0. The molecule has 2 atom stereocenters. The quantitative estimate of drug-likeness (QED) is 0.678. The highest BCUT2D eigenvalue weighted by atomic mass is 19.1. The van der Waals surface area contributed by atoms with Crippen LogP contribution in [-0.4, -0.2) is 12.7 Å². The summed E-state index contributed by atoms with van der Waals surface area (Å²) >= 11 is 0. The minimum atomic E-state index is -0.671. The topological polar surface area (TPSA) is 26.0 Å². The van der Waals surface area contributed by atoms with Gasteiger partial charge in [0.1, 0.15) is 6.17 Å². The number of rotatable bonds is 7. The minimum absolute atomic E-state index is 0.0597. The molecule has 0 heterocycles. The molecule has 0 aromatic rings. The molecule has 0 fully saturated rings. The molecule has 2 heteroatoms. The average molecular weight is 219 g/mol. The maximum Gasteiger partial charge on any atom is 0.100 e. The van der Waals surface area contributed by atoms with Crippen molar-refractivity contribution in [2.75, 3.05) is 6.54 Å². The number of nitrogens with two attached hydrogens (primary N) is 1. The van der Waals surface area contributed by atoms with Gasteiger partial charge in [0.25, 0.3) is 0 Å². The first kappa shape index (κ1) is 17.3. The van der Waals surface area contributed by atoms with Gasteiger partial charge in [-0.1, -0.05) is 41.0 Å². The molecule has 0 bridgehead atoms.